The van der Waals surface area contributed by atoms with Crippen LogP contribution in [0.4, 0.5) is 0 Å². The molecule has 0 aliphatic heterocycles. The van der Waals surface area contributed by atoms with Gasteiger partial charge in [0, 0.05) is 6.04 Å². The summed E-state index contributed by atoms with van der Waals surface area (Å²) in [5, 5.41) is 5.22. The maximum atomic E-state index is 11.6. The zero-order valence-corrected chi connectivity index (χ0v) is 10.7. The fourth-order valence-corrected chi connectivity index (χ4v) is 1.93. The molecule has 1 atom stereocenters. The van der Waals surface area contributed by atoms with E-state index in [4.69, 9.17) is 4.74 Å². The van der Waals surface area contributed by atoms with Gasteiger partial charge in [-0.15, -0.1) is 11.3 Å². The van der Waals surface area contributed by atoms with Crippen molar-refractivity contribution in [2.75, 3.05) is 13.2 Å². The highest BCUT2D eigenvalue weighted by atomic mass is 32.1. The zero-order valence-electron chi connectivity index (χ0n) is 9.86. The van der Waals surface area contributed by atoms with Crippen LogP contribution in [0.1, 0.15) is 36.4 Å². The van der Waals surface area contributed by atoms with Crippen molar-refractivity contribution < 1.29 is 9.53 Å². The second kappa shape index (κ2) is 7.41. The number of nitrogens with one attached hydrogen (secondary N) is 1. The van der Waals surface area contributed by atoms with Gasteiger partial charge < -0.3 is 10.1 Å². The molecule has 1 N–H and O–H groups in total. The van der Waals surface area contributed by atoms with Crippen molar-refractivity contribution in [3.8, 4) is 0 Å². The van der Waals surface area contributed by atoms with E-state index in [1.54, 1.807) is 6.07 Å². The first-order valence-corrected chi connectivity index (χ1v) is 6.59. The van der Waals surface area contributed by atoms with Gasteiger partial charge in [0.2, 0.25) is 0 Å². The number of rotatable bonds is 7. The Balaban J connectivity index is 2.29. The van der Waals surface area contributed by atoms with Gasteiger partial charge in [-0.25, -0.2) is 4.79 Å². The average Bonchev–Trinajstić information content (AvgIpc) is 2.82. The van der Waals surface area contributed by atoms with Gasteiger partial charge >= 0.3 is 5.97 Å². The molecule has 0 fully saturated rings. The summed E-state index contributed by atoms with van der Waals surface area (Å²) >= 11 is 1.41. The normalized spacial score (nSPS) is 12.4. The summed E-state index contributed by atoms with van der Waals surface area (Å²) in [7, 11) is 0. The van der Waals surface area contributed by atoms with Gasteiger partial charge in [0.05, 0.1) is 0 Å². The molecule has 90 valence electrons. The van der Waals surface area contributed by atoms with Crippen LogP contribution in [0.2, 0.25) is 0 Å². The molecule has 3 nitrogen and oxygen atoms in total. The van der Waals surface area contributed by atoms with Gasteiger partial charge in [0.25, 0.3) is 0 Å². The van der Waals surface area contributed by atoms with E-state index >= 15 is 0 Å². The smallest absolute Gasteiger partial charge is 0.348 e. The molecule has 4 heteroatoms. The first kappa shape index (κ1) is 13.2. The summed E-state index contributed by atoms with van der Waals surface area (Å²) in [5.74, 6) is -0.216. The standard InChI is InChI=1S/C12H19NO2S/c1-3-7-13-10(4-2)9-15-12(14)11-6-5-8-16-11/h5-6,8,10,13H,3-4,7,9H2,1-2H3. The summed E-state index contributed by atoms with van der Waals surface area (Å²) in [5.41, 5.74) is 0. The molecule has 0 aromatic carbocycles. The summed E-state index contributed by atoms with van der Waals surface area (Å²) in [4.78, 5) is 12.2. The molecule has 0 saturated heterocycles. The van der Waals surface area contributed by atoms with E-state index in [1.165, 1.54) is 11.3 Å². The molecule has 0 radical (unpaired) electrons. The minimum Gasteiger partial charge on any atom is -0.460 e. The molecule has 0 saturated carbocycles. The maximum Gasteiger partial charge on any atom is 0.348 e. The van der Waals surface area contributed by atoms with Gasteiger partial charge in [-0.05, 0) is 30.8 Å². The van der Waals surface area contributed by atoms with E-state index in [9.17, 15) is 4.79 Å². The van der Waals surface area contributed by atoms with Crippen LogP contribution >= 0.6 is 11.3 Å². The molecule has 0 amide bonds. The predicted molar refractivity (Wildman–Crippen MR) is 67.0 cm³/mol. The molecule has 1 heterocycles. The zero-order chi connectivity index (χ0) is 11.8. The van der Waals surface area contributed by atoms with Gasteiger partial charge in [-0.2, -0.15) is 0 Å². The molecule has 0 bridgehead atoms. The molecule has 1 rings (SSSR count). The SMILES string of the molecule is CCCNC(CC)COC(=O)c1cccs1. The lowest BCUT2D eigenvalue weighted by molar-refractivity contribution is 0.0469. The van der Waals surface area contributed by atoms with E-state index in [0.29, 0.717) is 11.5 Å². The minimum absolute atomic E-state index is 0.216. The van der Waals surface area contributed by atoms with Crippen molar-refractivity contribution in [2.45, 2.75) is 32.7 Å². The Morgan fingerprint density at radius 1 is 1.56 bits per heavy atom. The second-order valence-corrected chi connectivity index (χ2v) is 4.58. The van der Waals surface area contributed by atoms with E-state index in [-0.39, 0.29) is 12.0 Å². The topological polar surface area (TPSA) is 38.3 Å². The van der Waals surface area contributed by atoms with E-state index in [2.05, 4.69) is 19.2 Å². The summed E-state index contributed by atoms with van der Waals surface area (Å²) in [6.07, 6.45) is 2.06. The fraction of sp³-hybridized carbons (Fsp3) is 0.583. The van der Waals surface area contributed by atoms with Crippen molar-refractivity contribution in [3.63, 3.8) is 0 Å². The Morgan fingerprint density at radius 3 is 2.94 bits per heavy atom. The summed E-state index contributed by atoms with van der Waals surface area (Å²) < 4.78 is 5.25. The van der Waals surface area contributed by atoms with Crippen molar-refractivity contribution in [1.82, 2.24) is 5.32 Å². The first-order valence-electron chi connectivity index (χ1n) is 5.72. The molecule has 0 aliphatic carbocycles. The maximum absolute atomic E-state index is 11.6. The van der Waals surface area contributed by atoms with Crippen LogP contribution in [0.15, 0.2) is 17.5 Å². The van der Waals surface area contributed by atoms with Crippen LogP contribution in [0.25, 0.3) is 0 Å². The van der Waals surface area contributed by atoms with Crippen molar-refractivity contribution in [3.05, 3.63) is 22.4 Å². The van der Waals surface area contributed by atoms with Crippen LogP contribution in [0.3, 0.4) is 0 Å². The van der Waals surface area contributed by atoms with Crippen LogP contribution in [0.5, 0.6) is 0 Å². The minimum atomic E-state index is -0.216. The average molecular weight is 241 g/mol. The molecular formula is C12H19NO2S. The number of carbonyl (C=O) groups is 1. The fourth-order valence-electron chi connectivity index (χ4n) is 1.31. The number of thiophene rings is 1. The van der Waals surface area contributed by atoms with Gasteiger partial charge in [-0.1, -0.05) is 19.9 Å². The van der Waals surface area contributed by atoms with Crippen LogP contribution in [-0.2, 0) is 4.74 Å². The van der Waals surface area contributed by atoms with Crippen molar-refractivity contribution >= 4 is 17.3 Å². The Labute approximate surface area is 101 Å². The highest BCUT2D eigenvalue weighted by molar-refractivity contribution is 7.11. The quantitative estimate of drug-likeness (QED) is 0.746. The predicted octanol–water partition coefficient (Wildman–Crippen LogP) is 2.68. The van der Waals surface area contributed by atoms with E-state index in [0.717, 1.165) is 19.4 Å². The Hall–Kier alpha value is -0.870. The number of esters is 1. The molecule has 1 unspecified atom stereocenters. The van der Waals surface area contributed by atoms with Gasteiger partial charge in [-0.3, -0.25) is 0 Å². The van der Waals surface area contributed by atoms with E-state index < -0.39 is 0 Å². The third-order valence-corrected chi connectivity index (χ3v) is 3.16. The monoisotopic (exact) mass is 241 g/mol. The van der Waals surface area contributed by atoms with E-state index in [1.807, 2.05) is 11.4 Å². The highest BCUT2D eigenvalue weighted by Crippen LogP contribution is 2.10. The molecule has 1 aromatic rings. The van der Waals surface area contributed by atoms with Crippen molar-refractivity contribution in [2.24, 2.45) is 0 Å². The lowest BCUT2D eigenvalue weighted by Crippen LogP contribution is -2.34. The van der Waals surface area contributed by atoms with Gasteiger partial charge in [0.1, 0.15) is 11.5 Å². The molecular weight excluding hydrogens is 222 g/mol. The Kier molecular flexibility index (Phi) is 6.11. The summed E-state index contributed by atoms with van der Waals surface area (Å²) in [6, 6.07) is 3.91. The molecule has 16 heavy (non-hydrogen) atoms. The number of hydrogen-bond acceptors (Lipinski definition) is 4. The number of carbonyl (C=O) groups excluding carboxylic acids is 1. The largest absolute Gasteiger partial charge is 0.460 e. The lowest BCUT2D eigenvalue weighted by atomic mass is 10.2. The van der Waals surface area contributed by atoms with Crippen LogP contribution < -0.4 is 5.32 Å². The highest BCUT2D eigenvalue weighted by Gasteiger charge is 2.11. The third kappa shape index (κ3) is 4.33. The lowest BCUT2D eigenvalue weighted by Gasteiger charge is -2.16. The molecule has 1 aromatic heterocycles. The van der Waals surface area contributed by atoms with Gasteiger partial charge in [0.15, 0.2) is 0 Å². The second-order valence-electron chi connectivity index (χ2n) is 3.64. The summed E-state index contributed by atoms with van der Waals surface area (Å²) in [6.45, 7) is 5.63. The Morgan fingerprint density at radius 2 is 2.38 bits per heavy atom. The Bertz CT molecular complexity index is 298. The third-order valence-electron chi connectivity index (χ3n) is 2.31. The van der Waals surface area contributed by atoms with Crippen molar-refractivity contribution in [1.29, 1.82) is 0 Å². The van der Waals surface area contributed by atoms with Crippen LogP contribution in [0, 0.1) is 0 Å². The number of hydrogen-bond donors (Lipinski definition) is 1. The molecule has 0 spiro atoms. The molecule has 0 aliphatic rings. The van der Waals surface area contributed by atoms with Crippen LogP contribution in [-0.4, -0.2) is 25.2 Å². The first-order chi connectivity index (χ1) is 7.77. The number of ether oxygens (including phenoxy) is 1.